The summed E-state index contributed by atoms with van der Waals surface area (Å²) in [5.41, 5.74) is 2.40. The van der Waals surface area contributed by atoms with Crippen molar-refractivity contribution in [3.63, 3.8) is 0 Å². The summed E-state index contributed by atoms with van der Waals surface area (Å²) in [6, 6.07) is 24.1. The van der Waals surface area contributed by atoms with Crippen LogP contribution in [0.25, 0.3) is 6.08 Å². The van der Waals surface area contributed by atoms with Crippen LogP contribution in [0, 0.1) is 0 Å². The van der Waals surface area contributed by atoms with Gasteiger partial charge in [-0.05, 0) is 71.9 Å². The van der Waals surface area contributed by atoms with Crippen LogP contribution >= 0.6 is 35.0 Å². The molecule has 0 atom stereocenters. The highest BCUT2D eigenvalue weighted by Crippen LogP contribution is 2.37. The Labute approximate surface area is 177 Å². The molecule has 0 saturated carbocycles. The summed E-state index contributed by atoms with van der Waals surface area (Å²) in [6.45, 7) is 0. The van der Waals surface area contributed by atoms with Crippen molar-refractivity contribution in [3.05, 3.63) is 99.4 Å². The molecule has 1 aliphatic rings. The molecule has 138 valence electrons. The van der Waals surface area contributed by atoms with Crippen LogP contribution in [0.1, 0.15) is 5.56 Å². The third kappa shape index (κ3) is 4.14. The number of benzene rings is 3. The molecule has 1 amide bonds. The minimum absolute atomic E-state index is 0.121. The zero-order valence-corrected chi connectivity index (χ0v) is 16.9. The lowest BCUT2D eigenvalue weighted by atomic mass is 10.2. The maximum absolute atomic E-state index is 13.2. The molecule has 0 spiro atoms. The molecule has 0 radical (unpaired) electrons. The van der Waals surface area contributed by atoms with Crippen LogP contribution in [-0.4, -0.2) is 11.1 Å². The average molecular weight is 425 g/mol. The number of hydrogen-bond acceptors (Lipinski definition) is 3. The van der Waals surface area contributed by atoms with Gasteiger partial charge in [-0.2, -0.15) is 0 Å². The van der Waals surface area contributed by atoms with Crippen LogP contribution < -0.4 is 4.90 Å². The van der Waals surface area contributed by atoms with Crippen molar-refractivity contribution < 1.29 is 4.79 Å². The van der Waals surface area contributed by atoms with Crippen molar-refractivity contribution in [1.29, 1.82) is 0 Å². The Balaban J connectivity index is 1.77. The molecule has 0 aliphatic carbocycles. The molecule has 0 bridgehead atoms. The van der Waals surface area contributed by atoms with E-state index in [0.717, 1.165) is 11.3 Å². The molecule has 3 aromatic carbocycles. The van der Waals surface area contributed by atoms with Gasteiger partial charge >= 0.3 is 0 Å². The Hall–Kier alpha value is -2.53. The Kier molecular flexibility index (Phi) is 5.53. The van der Waals surface area contributed by atoms with Gasteiger partial charge in [0.2, 0.25) is 0 Å². The van der Waals surface area contributed by atoms with E-state index in [1.165, 1.54) is 11.8 Å². The van der Waals surface area contributed by atoms with Crippen LogP contribution in [0.4, 0.5) is 11.4 Å². The van der Waals surface area contributed by atoms with Crippen LogP contribution in [0.15, 0.2) is 88.8 Å². The van der Waals surface area contributed by atoms with Gasteiger partial charge in [-0.3, -0.25) is 9.69 Å². The first-order chi connectivity index (χ1) is 13.6. The van der Waals surface area contributed by atoms with Gasteiger partial charge < -0.3 is 0 Å². The highest BCUT2D eigenvalue weighted by molar-refractivity contribution is 8.19. The molecule has 3 nitrogen and oxygen atoms in total. The number of rotatable bonds is 3. The lowest BCUT2D eigenvalue weighted by molar-refractivity contribution is -0.113. The molecule has 1 heterocycles. The summed E-state index contributed by atoms with van der Waals surface area (Å²) in [4.78, 5) is 20.0. The van der Waals surface area contributed by atoms with E-state index in [-0.39, 0.29) is 5.91 Å². The first-order valence-corrected chi connectivity index (χ1v) is 10.1. The van der Waals surface area contributed by atoms with E-state index in [0.29, 0.717) is 25.8 Å². The molecule has 0 unspecified atom stereocenters. The van der Waals surface area contributed by atoms with Crippen molar-refractivity contribution in [2.45, 2.75) is 0 Å². The second-order valence-corrected chi connectivity index (χ2v) is 7.89. The fourth-order valence-corrected chi connectivity index (χ4v) is 3.95. The Morgan fingerprint density at radius 2 is 1.43 bits per heavy atom. The maximum atomic E-state index is 13.2. The largest absolute Gasteiger partial charge is 0.271 e. The predicted octanol–water partition coefficient (Wildman–Crippen LogP) is 6.80. The minimum Gasteiger partial charge on any atom is -0.268 e. The molecule has 1 fully saturated rings. The fourth-order valence-electron chi connectivity index (χ4n) is 2.69. The van der Waals surface area contributed by atoms with Crippen LogP contribution in [-0.2, 0) is 4.79 Å². The van der Waals surface area contributed by atoms with Crippen LogP contribution in [0.2, 0.25) is 10.0 Å². The Morgan fingerprint density at radius 1 is 0.821 bits per heavy atom. The number of halogens is 2. The number of hydrogen-bond donors (Lipinski definition) is 0. The van der Waals surface area contributed by atoms with Gasteiger partial charge in [-0.15, -0.1) is 0 Å². The molecular formula is C22H14Cl2N2OS. The third-order valence-corrected chi connectivity index (χ3v) is 5.51. The van der Waals surface area contributed by atoms with Gasteiger partial charge in [0.15, 0.2) is 5.17 Å². The van der Waals surface area contributed by atoms with E-state index < -0.39 is 0 Å². The zero-order valence-electron chi connectivity index (χ0n) is 14.5. The molecule has 6 heteroatoms. The van der Waals surface area contributed by atoms with Crippen molar-refractivity contribution in [2.24, 2.45) is 4.99 Å². The van der Waals surface area contributed by atoms with Crippen LogP contribution in [0.5, 0.6) is 0 Å². The summed E-state index contributed by atoms with van der Waals surface area (Å²) < 4.78 is 0. The van der Waals surface area contributed by atoms with Gasteiger partial charge in [-0.25, -0.2) is 4.99 Å². The molecule has 1 aliphatic heterocycles. The summed E-state index contributed by atoms with van der Waals surface area (Å²) in [6.07, 6.45) is 1.88. The van der Waals surface area contributed by atoms with Gasteiger partial charge in [0.1, 0.15) is 0 Å². The lowest BCUT2D eigenvalue weighted by Crippen LogP contribution is -2.28. The molecule has 4 rings (SSSR count). The third-order valence-electron chi connectivity index (χ3n) is 4.04. The normalized spacial score (nSPS) is 16.9. The number of amides is 1. The molecule has 0 N–H and O–H groups in total. The number of anilines is 1. The minimum atomic E-state index is -0.121. The fraction of sp³-hybridized carbons (Fsp3) is 0. The zero-order chi connectivity index (χ0) is 19.5. The maximum Gasteiger partial charge on any atom is 0.271 e. The van der Waals surface area contributed by atoms with Gasteiger partial charge in [-0.1, -0.05) is 53.5 Å². The standard InChI is InChI=1S/C22H14Cl2N2OS/c23-16-6-10-18(11-7-16)25-22-26(19-12-8-17(24)9-13-19)21(27)20(28-22)14-15-4-2-1-3-5-15/h1-14H/b20-14-,25-22?. The quantitative estimate of drug-likeness (QED) is 0.432. The van der Waals surface area contributed by atoms with E-state index >= 15 is 0 Å². The van der Waals surface area contributed by atoms with Crippen molar-refractivity contribution in [2.75, 3.05) is 4.90 Å². The summed E-state index contributed by atoms with van der Waals surface area (Å²) >= 11 is 13.3. The van der Waals surface area contributed by atoms with E-state index in [2.05, 4.69) is 4.99 Å². The second kappa shape index (κ2) is 8.23. The molecule has 0 aromatic heterocycles. The summed E-state index contributed by atoms with van der Waals surface area (Å²) in [5, 5.41) is 1.83. The molecule has 28 heavy (non-hydrogen) atoms. The highest BCUT2D eigenvalue weighted by Gasteiger charge is 2.34. The number of aliphatic imine (C=N–C) groups is 1. The van der Waals surface area contributed by atoms with E-state index in [4.69, 9.17) is 23.2 Å². The van der Waals surface area contributed by atoms with Crippen molar-refractivity contribution in [3.8, 4) is 0 Å². The topological polar surface area (TPSA) is 32.7 Å². The average Bonchev–Trinajstić information content (AvgIpc) is 3.00. The first kappa shape index (κ1) is 18.8. The van der Waals surface area contributed by atoms with E-state index in [9.17, 15) is 4.79 Å². The molecule has 3 aromatic rings. The predicted molar refractivity (Wildman–Crippen MR) is 119 cm³/mol. The Bertz CT molecular complexity index is 1060. The smallest absolute Gasteiger partial charge is 0.268 e. The van der Waals surface area contributed by atoms with Crippen molar-refractivity contribution >= 4 is 63.5 Å². The number of nitrogens with zero attached hydrogens (tertiary/aromatic N) is 2. The van der Waals surface area contributed by atoms with Gasteiger partial charge in [0, 0.05) is 10.0 Å². The highest BCUT2D eigenvalue weighted by atomic mass is 35.5. The van der Waals surface area contributed by atoms with Gasteiger partial charge in [0.05, 0.1) is 16.3 Å². The van der Waals surface area contributed by atoms with E-state index in [1.807, 2.05) is 60.7 Å². The monoisotopic (exact) mass is 424 g/mol. The first-order valence-electron chi connectivity index (χ1n) is 8.49. The number of carbonyl (C=O) groups is 1. The lowest BCUT2D eigenvalue weighted by Gasteiger charge is -2.15. The number of carbonyl (C=O) groups excluding carboxylic acids is 1. The number of amidine groups is 1. The Morgan fingerprint density at radius 3 is 2.07 bits per heavy atom. The SMILES string of the molecule is O=C1/C(=C/c2ccccc2)SC(=Nc2ccc(Cl)cc2)N1c1ccc(Cl)cc1. The van der Waals surface area contributed by atoms with Crippen molar-refractivity contribution in [1.82, 2.24) is 0 Å². The summed E-state index contributed by atoms with van der Waals surface area (Å²) in [7, 11) is 0. The van der Waals surface area contributed by atoms with E-state index in [1.54, 1.807) is 29.2 Å². The summed E-state index contributed by atoms with van der Waals surface area (Å²) in [5.74, 6) is -0.121. The molecule has 1 saturated heterocycles. The molecular weight excluding hydrogens is 411 g/mol. The van der Waals surface area contributed by atoms with Gasteiger partial charge in [0.25, 0.3) is 5.91 Å². The second-order valence-electron chi connectivity index (χ2n) is 6.01. The van der Waals surface area contributed by atoms with Crippen LogP contribution in [0.3, 0.4) is 0 Å². The number of thioether (sulfide) groups is 1.